The van der Waals surface area contributed by atoms with Crippen LogP contribution in [0.3, 0.4) is 0 Å². The zero-order chi connectivity index (χ0) is 30.0. The number of hydrogen-bond acceptors (Lipinski definition) is 5. The van der Waals surface area contributed by atoms with Gasteiger partial charge in [-0.05, 0) is 83.9 Å². The molecule has 0 bridgehead atoms. The first kappa shape index (κ1) is 29.6. The van der Waals surface area contributed by atoms with E-state index in [0.29, 0.717) is 42.1 Å². The van der Waals surface area contributed by atoms with Crippen molar-refractivity contribution in [2.24, 2.45) is 5.10 Å². The fraction of sp³-hybridized carbons (Fsp3) is 0.0938. The summed E-state index contributed by atoms with van der Waals surface area (Å²) >= 11 is 13.5. The SMILES string of the molecule is COc1ccc(C(=O)Oc2c(Br)cc(Br)cc2C=NNC(=O)c2[nH]c3c(C)cc(C)cc3c2-c2ccccc2Cl)cc1. The third-order valence-corrected chi connectivity index (χ3v) is 7.92. The zero-order valence-electron chi connectivity index (χ0n) is 22.7. The molecule has 0 aliphatic heterocycles. The van der Waals surface area contributed by atoms with E-state index < -0.39 is 11.9 Å². The van der Waals surface area contributed by atoms with Gasteiger partial charge in [0.25, 0.3) is 5.91 Å². The van der Waals surface area contributed by atoms with Crippen LogP contribution in [0, 0.1) is 13.8 Å². The highest BCUT2D eigenvalue weighted by atomic mass is 79.9. The van der Waals surface area contributed by atoms with Crippen molar-refractivity contribution in [3.8, 4) is 22.6 Å². The van der Waals surface area contributed by atoms with Gasteiger partial charge in [0.05, 0.1) is 23.4 Å². The van der Waals surface area contributed by atoms with Crippen LogP contribution in [-0.2, 0) is 0 Å². The average molecular weight is 710 g/mol. The lowest BCUT2D eigenvalue weighted by Gasteiger charge is -2.11. The normalized spacial score (nSPS) is 11.2. The summed E-state index contributed by atoms with van der Waals surface area (Å²) in [5, 5.41) is 5.62. The quantitative estimate of drug-likeness (QED) is 0.0766. The molecule has 0 aliphatic rings. The molecule has 7 nitrogen and oxygen atoms in total. The molecule has 0 fully saturated rings. The third kappa shape index (κ3) is 6.13. The maximum atomic E-state index is 13.5. The summed E-state index contributed by atoms with van der Waals surface area (Å²) < 4.78 is 12.1. The molecule has 42 heavy (non-hydrogen) atoms. The van der Waals surface area contributed by atoms with Crippen molar-refractivity contribution in [1.82, 2.24) is 10.4 Å². The van der Waals surface area contributed by atoms with E-state index in [9.17, 15) is 9.59 Å². The predicted molar refractivity (Wildman–Crippen MR) is 173 cm³/mol. The van der Waals surface area contributed by atoms with Crippen LogP contribution in [0.5, 0.6) is 11.5 Å². The second-order valence-electron chi connectivity index (χ2n) is 9.48. The Hall–Kier alpha value is -3.92. The largest absolute Gasteiger partial charge is 0.497 e. The summed E-state index contributed by atoms with van der Waals surface area (Å²) in [6, 6.07) is 21.5. The van der Waals surface area contributed by atoms with Crippen LogP contribution in [0.4, 0.5) is 0 Å². The van der Waals surface area contributed by atoms with Crippen molar-refractivity contribution in [3.05, 3.63) is 115 Å². The van der Waals surface area contributed by atoms with Crippen LogP contribution in [0.25, 0.3) is 22.0 Å². The summed E-state index contributed by atoms with van der Waals surface area (Å²) in [5.74, 6) is -0.156. The number of fused-ring (bicyclic) bond motifs is 1. The minimum atomic E-state index is -0.563. The molecule has 0 aliphatic carbocycles. The zero-order valence-corrected chi connectivity index (χ0v) is 26.6. The maximum absolute atomic E-state index is 13.5. The van der Waals surface area contributed by atoms with Gasteiger partial charge in [-0.15, -0.1) is 0 Å². The molecule has 0 saturated heterocycles. The topological polar surface area (TPSA) is 92.8 Å². The molecule has 0 spiro atoms. The number of hydrogen-bond donors (Lipinski definition) is 2. The van der Waals surface area contributed by atoms with Gasteiger partial charge in [0.2, 0.25) is 0 Å². The molecule has 0 radical (unpaired) electrons. The molecule has 5 aromatic rings. The predicted octanol–water partition coefficient (Wildman–Crippen LogP) is 8.62. The highest BCUT2D eigenvalue weighted by Gasteiger charge is 2.22. The van der Waals surface area contributed by atoms with E-state index in [1.165, 1.54) is 6.21 Å². The fourth-order valence-electron chi connectivity index (χ4n) is 4.65. The van der Waals surface area contributed by atoms with Gasteiger partial charge in [-0.2, -0.15) is 5.10 Å². The van der Waals surface area contributed by atoms with Gasteiger partial charge < -0.3 is 14.5 Å². The fourth-order valence-corrected chi connectivity index (χ4v) is 6.22. The Bertz CT molecular complexity index is 1870. The lowest BCUT2D eigenvalue weighted by molar-refractivity contribution is 0.0732. The number of carbonyl (C=O) groups excluding carboxylic acids is 2. The van der Waals surface area contributed by atoms with E-state index in [-0.39, 0.29) is 5.75 Å². The maximum Gasteiger partial charge on any atom is 0.343 e. The highest BCUT2D eigenvalue weighted by Crippen LogP contribution is 2.38. The van der Waals surface area contributed by atoms with Crippen LogP contribution in [0.1, 0.15) is 37.5 Å². The number of aromatic nitrogens is 1. The summed E-state index contributed by atoms with van der Waals surface area (Å²) in [6.07, 6.45) is 1.41. The number of esters is 1. The minimum absolute atomic E-state index is 0.241. The molecule has 0 atom stereocenters. The van der Waals surface area contributed by atoms with Crippen molar-refractivity contribution >= 4 is 72.5 Å². The van der Waals surface area contributed by atoms with Crippen molar-refractivity contribution < 1.29 is 19.1 Å². The van der Waals surface area contributed by atoms with E-state index in [2.05, 4.69) is 53.4 Å². The second-order valence-corrected chi connectivity index (χ2v) is 11.7. The number of benzene rings is 4. The van der Waals surface area contributed by atoms with Gasteiger partial charge in [0.15, 0.2) is 5.75 Å². The van der Waals surface area contributed by atoms with Crippen LogP contribution >= 0.6 is 43.5 Å². The molecule has 2 N–H and O–H groups in total. The minimum Gasteiger partial charge on any atom is -0.497 e. The molecule has 1 heterocycles. The van der Waals surface area contributed by atoms with Gasteiger partial charge in [-0.25, -0.2) is 10.2 Å². The summed E-state index contributed by atoms with van der Waals surface area (Å²) in [7, 11) is 1.55. The number of nitrogens with zero attached hydrogens (tertiary/aromatic N) is 1. The number of aryl methyl sites for hydroxylation is 2. The standard InChI is InChI=1S/C32H24Br2ClN3O4/c1-17-12-18(2)28-24(13-17)27(23-6-4-5-7-26(23)35)29(37-28)31(39)38-36-16-20-14-21(33)15-25(34)30(20)42-32(40)19-8-10-22(41-3)11-9-19/h4-16,37H,1-3H3,(H,38,39). The van der Waals surface area contributed by atoms with E-state index in [0.717, 1.165) is 27.6 Å². The number of ether oxygens (including phenoxy) is 2. The molecule has 4 aromatic carbocycles. The Morgan fingerprint density at radius 2 is 1.74 bits per heavy atom. The van der Waals surface area contributed by atoms with E-state index in [1.807, 2.05) is 38.1 Å². The second kappa shape index (κ2) is 12.5. The molecular formula is C32H24Br2ClN3O4. The van der Waals surface area contributed by atoms with E-state index >= 15 is 0 Å². The Morgan fingerprint density at radius 3 is 2.45 bits per heavy atom. The molecule has 10 heteroatoms. The first-order valence-electron chi connectivity index (χ1n) is 12.7. The van der Waals surface area contributed by atoms with Gasteiger partial charge in [-0.3, -0.25) is 4.79 Å². The summed E-state index contributed by atoms with van der Waals surface area (Å²) in [5.41, 5.74) is 8.06. The molecule has 5 rings (SSSR count). The molecule has 0 unspecified atom stereocenters. The number of halogens is 3. The van der Waals surface area contributed by atoms with E-state index in [1.54, 1.807) is 49.6 Å². The summed E-state index contributed by atoms with van der Waals surface area (Å²) in [6.45, 7) is 4.00. The molecule has 1 aromatic heterocycles. The lowest BCUT2D eigenvalue weighted by atomic mass is 9.99. The van der Waals surface area contributed by atoms with Crippen molar-refractivity contribution in [2.45, 2.75) is 13.8 Å². The molecule has 212 valence electrons. The number of H-pyrrole nitrogens is 1. The summed E-state index contributed by atoms with van der Waals surface area (Å²) in [4.78, 5) is 29.7. The number of amides is 1. The monoisotopic (exact) mass is 707 g/mol. The molecule has 1 amide bonds. The smallest absolute Gasteiger partial charge is 0.343 e. The van der Waals surface area contributed by atoms with Crippen molar-refractivity contribution in [3.63, 3.8) is 0 Å². The van der Waals surface area contributed by atoms with E-state index in [4.69, 9.17) is 21.1 Å². The van der Waals surface area contributed by atoms with Crippen LogP contribution in [0.2, 0.25) is 5.02 Å². The van der Waals surface area contributed by atoms with Gasteiger partial charge >= 0.3 is 5.97 Å². The number of carbonyl (C=O) groups is 2. The van der Waals surface area contributed by atoms with Gasteiger partial charge in [0.1, 0.15) is 11.4 Å². The first-order chi connectivity index (χ1) is 20.2. The number of rotatable bonds is 7. The molecular weight excluding hydrogens is 686 g/mol. The average Bonchev–Trinajstić information content (AvgIpc) is 3.34. The lowest BCUT2D eigenvalue weighted by Crippen LogP contribution is -2.19. The Labute approximate surface area is 264 Å². The van der Waals surface area contributed by atoms with Crippen LogP contribution in [0.15, 0.2) is 86.8 Å². The Kier molecular flexibility index (Phi) is 8.82. The number of aromatic amines is 1. The highest BCUT2D eigenvalue weighted by molar-refractivity contribution is 9.11. The van der Waals surface area contributed by atoms with Crippen molar-refractivity contribution in [2.75, 3.05) is 7.11 Å². The first-order valence-corrected chi connectivity index (χ1v) is 14.7. The van der Waals surface area contributed by atoms with Gasteiger partial charge in [-0.1, -0.05) is 57.4 Å². The number of methoxy groups -OCH3 is 1. The number of nitrogens with one attached hydrogen (secondary N) is 2. The number of hydrazone groups is 1. The Balaban J connectivity index is 1.46. The van der Waals surface area contributed by atoms with Crippen LogP contribution in [-0.4, -0.2) is 30.2 Å². The third-order valence-electron chi connectivity index (χ3n) is 6.55. The molecule has 0 saturated carbocycles. The van der Waals surface area contributed by atoms with Gasteiger partial charge in [0, 0.05) is 37.1 Å². The van der Waals surface area contributed by atoms with Crippen molar-refractivity contribution in [1.29, 1.82) is 0 Å². The van der Waals surface area contributed by atoms with Crippen LogP contribution < -0.4 is 14.9 Å². The Morgan fingerprint density at radius 1 is 1.00 bits per heavy atom.